The van der Waals surface area contributed by atoms with Gasteiger partial charge in [0.25, 0.3) is 0 Å². The lowest BCUT2D eigenvalue weighted by molar-refractivity contribution is -0.115. The number of ether oxygens (including phenoxy) is 1. The number of nitrogens with zero attached hydrogens (tertiary/aromatic N) is 1. The Bertz CT molecular complexity index is 711. The van der Waals surface area contributed by atoms with Gasteiger partial charge < -0.3 is 10.1 Å². The molecule has 4 nitrogen and oxygen atoms in total. The van der Waals surface area contributed by atoms with Crippen LogP contribution in [0.5, 0.6) is 5.75 Å². The van der Waals surface area contributed by atoms with Gasteiger partial charge in [-0.3, -0.25) is 9.79 Å². The topological polar surface area (TPSA) is 50.7 Å². The molecule has 0 saturated heterocycles. The zero-order chi connectivity index (χ0) is 14.8. The molecule has 1 N–H and O–H groups in total. The minimum atomic E-state index is -0.416. The van der Waals surface area contributed by atoms with Crippen LogP contribution in [-0.4, -0.2) is 19.2 Å². The quantitative estimate of drug-likeness (QED) is 0.877. The van der Waals surface area contributed by atoms with E-state index in [1.54, 1.807) is 31.5 Å². The molecule has 21 heavy (non-hydrogen) atoms. The summed E-state index contributed by atoms with van der Waals surface area (Å²) in [6.07, 6.45) is 1.64. The molecule has 2 aromatic carbocycles. The maximum absolute atomic E-state index is 12.0. The van der Waals surface area contributed by atoms with E-state index in [0.717, 1.165) is 22.7 Å². The fourth-order valence-corrected chi connectivity index (χ4v) is 2.41. The molecule has 0 fully saturated rings. The van der Waals surface area contributed by atoms with Crippen LogP contribution in [0.1, 0.15) is 11.5 Å². The van der Waals surface area contributed by atoms with E-state index in [1.807, 2.05) is 24.3 Å². The van der Waals surface area contributed by atoms with Crippen molar-refractivity contribution < 1.29 is 9.53 Å². The van der Waals surface area contributed by atoms with Crippen LogP contribution in [0, 0.1) is 0 Å². The van der Waals surface area contributed by atoms with E-state index >= 15 is 0 Å². The summed E-state index contributed by atoms with van der Waals surface area (Å²) in [5.41, 5.74) is 2.40. The molecule has 1 unspecified atom stereocenters. The highest BCUT2D eigenvalue weighted by Gasteiger charge is 2.29. The van der Waals surface area contributed by atoms with Gasteiger partial charge in [-0.05, 0) is 48.0 Å². The average molecular weight is 301 g/mol. The Labute approximate surface area is 127 Å². The van der Waals surface area contributed by atoms with Crippen LogP contribution < -0.4 is 10.1 Å². The van der Waals surface area contributed by atoms with Gasteiger partial charge in [0.15, 0.2) is 0 Å². The lowest BCUT2D eigenvalue weighted by atomic mass is 10.0. The molecule has 1 amide bonds. The summed E-state index contributed by atoms with van der Waals surface area (Å²) in [7, 11) is 1.61. The summed E-state index contributed by atoms with van der Waals surface area (Å²) >= 11 is 5.99. The molecular weight excluding hydrogens is 288 g/mol. The molecule has 1 heterocycles. The van der Waals surface area contributed by atoms with Crippen molar-refractivity contribution in [1.82, 2.24) is 0 Å². The van der Waals surface area contributed by atoms with E-state index in [0.29, 0.717) is 5.02 Å². The van der Waals surface area contributed by atoms with Crippen molar-refractivity contribution in [2.24, 2.45) is 4.99 Å². The van der Waals surface area contributed by atoms with Crippen molar-refractivity contribution in [2.45, 2.75) is 5.92 Å². The number of hydrogen-bond acceptors (Lipinski definition) is 3. The van der Waals surface area contributed by atoms with E-state index in [-0.39, 0.29) is 5.91 Å². The van der Waals surface area contributed by atoms with Gasteiger partial charge in [0.05, 0.1) is 12.8 Å². The first-order chi connectivity index (χ1) is 10.2. The Morgan fingerprint density at radius 2 is 2.00 bits per heavy atom. The van der Waals surface area contributed by atoms with Crippen LogP contribution in [0.4, 0.5) is 11.4 Å². The van der Waals surface area contributed by atoms with Crippen molar-refractivity contribution in [3.05, 3.63) is 53.1 Å². The standard InChI is InChI=1S/C16H13ClN2O2/c1-21-12-5-3-11(4-6-12)18-9-14-13-8-10(17)2-7-15(13)19-16(14)20/h2-9,14H,1H3,(H,19,20). The average Bonchev–Trinajstić information content (AvgIpc) is 2.80. The molecule has 1 aliphatic rings. The largest absolute Gasteiger partial charge is 0.497 e. The number of benzene rings is 2. The molecule has 5 heteroatoms. The van der Waals surface area contributed by atoms with Gasteiger partial charge >= 0.3 is 0 Å². The first kappa shape index (κ1) is 13.6. The Morgan fingerprint density at radius 3 is 2.71 bits per heavy atom. The van der Waals surface area contributed by atoms with Crippen LogP contribution in [0.2, 0.25) is 5.02 Å². The number of aliphatic imine (C=N–C) groups is 1. The van der Waals surface area contributed by atoms with E-state index in [4.69, 9.17) is 16.3 Å². The number of methoxy groups -OCH3 is 1. The Kier molecular flexibility index (Phi) is 3.62. The lowest BCUT2D eigenvalue weighted by Crippen LogP contribution is -2.12. The first-order valence-electron chi connectivity index (χ1n) is 6.46. The zero-order valence-electron chi connectivity index (χ0n) is 11.3. The van der Waals surface area contributed by atoms with Gasteiger partial charge in [-0.1, -0.05) is 11.6 Å². The van der Waals surface area contributed by atoms with Crippen molar-refractivity contribution in [2.75, 3.05) is 12.4 Å². The second-order valence-electron chi connectivity index (χ2n) is 4.67. The molecule has 0 aliphatic carbocycles. The fourth-order valence-electron chi connectivity index (χ4n) is 2.23. The molecule has 0 radical (unpaired) electrons. The van der Waals surface area contributed by atoms with Gasteiger partial charge in [0.1, 0.15) is 11.7 Å². The van der Waals surface area contributed by atoms with Crippen LogP contribution in [0.3, 0.4) is 0 Å². The number of nitrogens with one attached hydrogen (secondary N) is 1. The van der Waals surface area contributed by atoms with Crippen molar-refractivity contribution in [3.63, 3.8) is 0 Å². The number of carbonyl (C=O) groups excluding carboxylic acids is 1. The van der Waals surface area contributed by atoms with Crippen molar-refractivity contribution in [3.8, 4) is 5.75 Å². The minimum absolute atomic E-state index is 0.0930. The molecule has 0 bridgehead atoms. The maximum atomic E-state index is 12.0. The summed E-state index contributed by atoms with van der Waals surface area (Å²) in [5.74, 6) is 0.259. The molecule has 3 rings (SSSR count). The normalized spacial score (nSPS) is 16.9. The third-order valence-electron chi connectivity index (χ3n) is 3.33. The van der Waals surface area contributed by atoms with Gasteiger partial charge in [0.2, 0.25) is 5.91 Å². The summed E-state index contributed by atoms with van der Waals surface area (Å²) < 4.78 is 5.09. The van der Waals surface area contributed by atoms with Crippen LogP contribution in [0.25, 0.3) is 0 Å². The number of halogens is 1. The van der Waals surface area contributed by atoms with E-state index in [2.05, 4.69) is 10.3 Å². The predicted octanol–water partition coefficient (Wildman–Crippen LogP) is 3.79. The van der Waals surface area contributed by atoms with Gasteiger partial charge in [-0.25, -0.2) is 0 Å². The molecule has 0 saturated carbocycles. The molecule has 1 aliphatic heterocycles. The Morgan fingerprint density at radius 1 is 1.24 bits per heavy atom. The zero-order valence-corrected chi connectivity index (χ0v) is 12.1. The number of fused-ring (bicyclic) bond motifs is 1. The van der Waals surface area contributed by atoms with Crippen LogP contribution in [0.15, 0.2) is 47.5 Å². The van der Waals surface area contributed by atoms with Crippen LogP contribution >= 0.6 is 11.6 Å². The maximum Gasteiger partial charge on any atom is 0.237 e. The summed E-state index contributed by atoms with van der Waals surface area (Å²) in [6, 6.07) is 12.7. The van der Waals surface area contributed by atoms with Crippen molar-refractivity contribution >= 4 is 35.1 Å². The van der Waals surface area contributed by atoms with E-state index in [1.165, 1.54) is 0 Å². The second kappa shape index (κ2) is 5.58. The highest BCUT2D eigenvalue weighted by atomic mass is 35.5. The van der Waals surface area contributed by atoms with Gasteiger partial charge in [0, 0.05) is 16.9 Å². The third kappa shape index (κ3) is 2.76. The monoisotopic (exact) mass is 300 g/mol. The highest BCUT2D eigenvalue weighted by molar-refractivity contribution is 6.31. The Hall–Kier alpha value is -2.33. The molecule has 0 spiro atoms. The minimum Gasteiger partial charge on any atom is -0.497 e. The molecule has 106 valence electrons. The van der Waals surface area contributed by atoms with Crippen LogP contribution in [-0.2, 0) is 4.79 Å². The summed E-state index contributed by atoms with van der Waals surface area (Å²) in [4.78, 5) is 16.4. The molecular formula is C16H13ClN2O2. The van der Waals surface area contributed by atoms with E-state index < -0.39 is 5.92 Å². The fraction of sp³-hybridized carbons (Fsp3) is 0.125. The third-order valence-corrected chi connectivity index (χ3v) is 3.57. The Balaban J connectivity index is 1.86. The smallest absolute Gasteiger partial charge is 0.237 e. The van der Waals surface area contributed by atoms with Crippen molar-refractivity contribution in [1.29, 1.82) is 0 Å². The first-order valence-corrected chi connectivity index (χ1v) is 6.84. The van der Waals surface area contributed by atoms with E-state index in [9.17, 15) is 4.79 Å². The SMILES string of the molecule is COc1ccc(N=CC2C(=O)Nc3ccc(Cl)cc32)cc1. The number of anilines is 1. The second-order valence-corrected chi connectivity index (χ2v) is 5.11. The molecule has 0 aromatic heterocycles. The summed E-state index contributed by atoms with van der Waals surface area (Å²) in [6.45, 7) is 0. The molecule has 2 aromatic rings. The lowest BCUT2D eigenvalue weighted by Gasteiger charge is -2.03. The van der Waals surface area contributed by atoms with Gasteiger partial charge in [-0.2, -0.15) is 0 Å². The predicted molar refractivity (Wildman–Crippen MR) is 84.0 cm³/mol. The number of hydrogen-bond donors (Lipinski definition) is 1. The molecule has 1 atom stereocenters. The summed E-state index contributed by atoms with van der Waals surface area (Å²) in [5, 5.41) is 3.43. The van der Waals surface area contributed by atoms with Gasteiger partial charge in [-0.15, -0.1) is 0 Å². The number of amides is 1. The number of carbonyl (C=O) groups is 1. The number of rotatable bonds is 3. The highest BCUT2D eigenvalue weighted by Crippen LogP contribution is 2.33.